The first-order chi connectivity index (χ1) is 16.7. The molecule has 184 valence electrons. The average Bonchev–Trinajstić information content (AvgIpc) is 2.84. The van der Waals surface area contributed by atoms with Crippen molar-refractivity contribution in [3.63, 3.8) is 0 Å². The number of likely N-dealkylation sites (N-methyl/N-ethyl adjacent to an activating group) is 1. The first-order valence-electron chi connectivity index (χ1n) is 11.0. The van der Waals surface area contributed by atoms with Crippen molar-refractivity contribution in [1.29, 1.82) is 0 Å². The van der Waals surface area contributed by atoms with Gasteiger partial charge >= 0.3 is 0 Å². The van der Waals surface area contributed by atoms with Crippen LogP contribution in [0.3, 0.4) is 0 Å². The molecule has 0 radical (unpaired) electrons. The monoisotopic (exact) mass is 513 g/mol. The molecule has 35 heavy (non-hydrogen) atoms. The largest absolute Gasteiger partial charge is 0.350 e. The van der Waals surface area contributed by atoms with E-state index in [2.05, 4.69) is 5.32 Å². The van der Waals surface area contributed by atoms with Gasteiger partial charge in [0, 0.05) is 25.2 Å². The molecule has 1 atom stereocenters. The van der Waals surface area contributed by atoms with Gasteiger partial charge in [-0.25, -0.2) is 8.42 Å². The van der Waals surface area contributed by atoms with E-state index >= 15 is 0 Å². The summed E-state index contributed by atoms with van der Waals surface area (Å²) in [5.41, 5.74) is 2.16. The van der Waals surface area contributed by atoms with E-state index in [1.807, 2.05) is 48.5 Å². The Morgan fingerprint density at radius 3 is 2.09 bits per heavy atom. The van der Waals surface area contributed by atoms with Crippen molar-refractivity contribution in [2.45, 2.75) is 19.1 Å². The average molecular weight is 514 g/mol. The van der Waals surface area contributed by atoms with Gasteiger partial charge in [-0.3, -0.25) is 9.59 Å². The summed E-state index contributed by atoms with van der Waals surface area (Å²) in [5.74, 6) is -0.897. The fourth-order valence-electron chi connectivity index (χ4n) is 3.53. The fraction of sp³-hybridized carbons (Fsp3) is 0.231. The number of nitrogens with zero attached hydrogens (tertiary/aromatic N) is 2. The van der Waals surface area contributed by atoms with Crippen molar-refractivity contribution in [3.05, 3.63) is 107 Å². The SMILES string of the molecule is CN(CC(=O)N(Cc1ccccc1)[C@@H](C(=O)NCc1ccccc1Cl)c1ccccc1)S(C)(=O)=O. The molecule has 0 aliphatic carbocycles. The maximum Gasteiger partial charge on any atom is 0.247 e. The summed E-state index contributed by atoms with van der Waals surface area (Å²) in [4.78, 5) is 28.4. The second-order valence-corrected chi connectivity index (χ2v) is 10.6. The van der Waals surface area contributed by atoms with Crippen LogP contribution in [0.4, 0.5) is 0 Å². The summed E-state index contributed by atoms with van der Waals surface area (Å²) >= 11 is 6.25. The molecule has 3 aromatic rings. The van der Waals surface area contributed by atoms with E-state index in [4.69, 9.17) is 11.6 Å². The second-order valence-electron chi connectivity index (χ2n) is 8.15. The lowest BCUT2D eigenvalue weighted by molar-refractivity contribution is -0.141. The van der Waals surface area contributed by atoms with Crippen LogP contribution in [-0.4, -0.2) is 49.3 Å². The summed E-state index contributed by atoms with van der Waals surface area (Å²) in [7, 11) is -2.26. The summed E-state index contributed by atoms with van der Waals surface area (Å²) in [6.45, 7) is -0.0956. The van der Waals surface area contributed by atoms with Gasteiger partial charge in [0.15, 0.2) is 0 Å². The number of hydrogen-bond donors (Lipinski definition) is 1. The number of hydrogen-bond acceptors (Lipinski definition) is 4. The number of sulfonamides is 1. The van der Waals surface area contributed by atoms with Gasteiger partial charge in [0.1, 0.15) is 6.04 Å². The molecule has 3 aromatic carbocycles. The molecular formula is C26H28ClN3O4S. The molecule has 0 spiro atoms. The van der Waals surface area contributed by atoms with Crippen molar-refractivity contribution in [2.24, 2.45) is 0 Å². The zero-order chi connectivity index (χ0) is 25.4. The van der Waals surface area contributed by atoms with Crippen LogP contribution < -0.4 is 5.32 Å². The predicted molar refractivity (Wildman–Crippen MR) is 137 cm³/mol. The molecule has 3 rings (SSSR count). The highest BCUT2D eigenvalue weighted by Gasteiger charge is 2.32. The van der Waals surface area contributed by atoms with Gasteiger partial charge < -0.3 is 10.2 Å². The molecule has 0 unspecified atom stereocenters. The third kappa shape index (κ3) is 7.39. The van der Waals surface area contributed by atoms with Gasteiger partial charge in [-0.05, 0) is 22.8 Å². The molecule has 0 heterocycles. The predicted octanol–water partition coefficient (Wildman–Crippen LogP) is 3.62. The number of nitrogens with one attached hydrogen (secondary N) is 1. The number of carbonyl (C=O) groups is 2. The van der Waals surface area contributed by atoms with Crippen molar-refractivity contribution >= 4 is 33.4 Å². The zero-order valence-electron chi connectivity index (χ0n) is 19.6. The molecule has 0 aromatic heterocycles. The second kappa shape index (κ2) is 12.0. The van der Waals surface area contributed by atoms with Crippen LogP contribution in [0.25, 0.3) is 0 Å². The Labute approximate surface area is 211 Å². The minimum atomic E-state index is -3.60. The first kappa shape index (κ1) is 26.4. The van der Waals surface area contributed by atoms with Crippen LogP contribution in [0.5, 0.6) is 0 Å². The van der Waals surface area contributed by atoms with Gasteiger partial charge in [-0.1, -0.05) is 90.5 Å². The summed E-state index contributed by atoms with van der Waals surface area (Å²) < 4.78 is 24.9. The van der Waals surface area contributed by atoms with Crippen LogP contribution in [0.15, 0.2) is 84.9 Å². The summed E-state index contributed by atoms with van der Waals surface area (Å²) in [5, 5.41) is 3.42. The van der Waals surface area contributed by atoms with E-state index in [0.29, 0.717) is 10.6 Å². The molecule has 0 bridgehead atoms. The van der Waals surface area contributed by atoms with Gasteiger partial charge in [0.05, 0.1) is 12.8 Å². The Kier molecular flexibility index (Phi) is 9.03. The topological polar surface area (TPSA) is 86.8 Å². The molecule has 0 aliphatic heterocycles. The molecule has 0 aliphatic rings. The molecular weight excluding hydrogens is 486 g/mol. The molecule has 2 amide bonds. The van der Waals surface area contributed by atoms with Gasteiger partial charge in [0.2, 0.25) is 21.8 Å². The first-order valence-corrected chi connectivity index (χ1v) is 13.2. The molecule has 7 nitrogen and oxygen atoms in total. The van der Waals surface area contributed by atoms with Crippen molar-refractivity contribution in [2.75, 3.05) is 19.8 Å². The Balaban J connectivity index is 1.97. The Morgan fingerprint density at radius 1 is 0.914 bits per heavy atom. The van der Waals surface area contributed by atoms with E-state index in [1.54, 1.807) is 36.4 Å². The fourth-order valence-corrected chi connectivity index (χ4v) is 4.08. The number of amides is 2. The Hall–Kier alpha value is -3.20. The standard InChI is InChI=1S/C26H28ClN3O4S/c1-29(35(2,33)34)19-24(31)30(18-20-11-5-3-6-12-20)25(21-13-7-4-8-14-21)26(32)28-17-22-15-9-10-16-23(22)27/h3-16,25H,17-19H2,1-2H3,(H,28,32)/t25-/m1/s1. The summed E-state index contributed by atoms with van der Waals surface area (Å²) in [6.07, 6.45) is 1.03. The third-order valence-electron chi connectivity index (χ3n) is 5.53. The molecule has 0 saturated carbocycles. The Bertz CT molecular complexity index is 1250. The van der Waals surface area contributed by atoms with Gasteiger partial charge in [0.25, 0.3) is 0 Å². The van der Waals surface area contributed by atoms with E-state index < -0.39 is 34.4 Å². The molecule has 0 fully saturated rings. The van der Waals surface area contributed by atoms with Crippen LogP contribution >= 0.6 is 11.6 Å². The highest BCUT2D eigenvalue weighted by atomic mass is 35.5. The van der Waals surface area contributed by atoms with E-state index in [9.17, 15) is 18.0 Å². The molecule has 1 N–H and O–H groups in total. The van der Waals surface area contributed by atoms with E-state index in [0.717, 1.165) is 21.7 Å². The maximum atomic E-state index is 13.6. The lowest BCUT2D eigenvalue weighted by Crippen LogP contribution is -2.47. The van der Waals surface area contributed by atoms with Crippen LogP contribution in [0.2, 0.25) is 5.02 Å². The normalized spacial score (nSPS) is 12.2. The highest BCUT2D eigenvalue weighted by Crippen LogP contribution is 2.25. The molecule has 9 heteroatoms. The lowest BCUT2D eigenvalue weighted by atomic mass is 10.0. The van der Waals surface area contributed by atoms with E-state index in [-0.39, 0.29) is 13.1 Å². The number of rotatable bonds is 10. The number of halogens is 1. The van der Waals surface area contributed by atoms with Crippen molar-refractivity contribution in [1.82, 2.24) is 14.5 Å². The Morgan fingerprint density at radius 2 is 1.49 bits per heavy atom. The van der Waals surface area contributed by atoms with Gasteiger partial charge in [-0.15, -0.1) is 0 Å². The van der Waals surface area contributed by atoms with Crippen LogP contribution in [-0.2, 0) is 32.7 Å². The lowest BCUT2D eigenvalue weighted by Gasteiger charge is -2.32. The smallest absolute Gasteiger partial charge is 0.247 e. The third-order valence-corrected chi connectivity index (χ3v) is 7.16. The minimum Gasteiger partial charge on any atom is -0.350 e. The number of benzene rings is 3. The van der Waals surface area contributed by atoms with Crippen LogP contribution in [0, 0.1) is 0 Å². The minimum absolute atomic E-state index is 0.121. The van der Waals surface area contributed by atoms with E-state index in [1.165, 1.54) is 11.9 Å². The summed E-state index contributed by atoms with van der Waals surface area (Å²) in [6, 6.07) is 24.4. The maximum absolute atomic E-state index is 13.6. The quantitative estimate of drug-likeness (QED) is 0.448. The highest BCUT2D eigenvalue weighted by molar-refractivity contribution is 7.88. The van der Waals surface area contributed by atoms with Crippen molar-refractivity contribution < 1.29 is 18.0 Å². The van der Waals surface area contributed by atoms with Gasteiger partial charge in [-0.2, -0.15) is 4.31 Å². The zero-order valence-corrected chi connectivity index (χ0v) is 21.2. The van der Waals surface area contributed by atoms with Crippen LogP contribution in [0.1, 0.15) is 22.7 Å². The van der Waals surface area contributed by atoms with Crippen molar-refractivity contribution in [3.8, 4) is 0 Å². The number of carbonyl (C=O) groups excluding carboxylic acids is 2. The molecule has 0 saturated heterocycles.